The second kappa shape index (κ2) is 11.2. The van der Waals surface area contributed by atoms with E-state index in [0.717, 1.165) is 33.9 Å². The lowest BCUT2D eigenvalue weighted by molar-refractivity contribution is -0.118. The molecule has 0 aliphatic carbocycles. The van der Waals surface area contributed by atoms with Crippen LogP contribution in [0.4, 0.5) is 5.13 Å². The third-order valence-electron chi connectivity index (χ3n) is 5.09. The highest BCUT2D eigenvalue weighted by Gasteiger charge is 2.20. The van der Waals surface area contributed by atoms with Gasteiger partial charge in [0.25, 0.3) is 0 Å². The largest absolute Gasteiger partial charge is 0.497 e. The maximum absolute atomic E-state index is 13.2. The van der Waals surface area contributed by atoms with Gasteiger partial charge in [-0.2, -0.15) is 5.10 Å². The van der Waals surface area contributed by atoms with Gasteiger partial charge < -0.3 is 9.47 Å². The van der Waals surface area contributed by atoms with Crippen molar-refractivity contribution < 1.29 is 14.3 Å². The summed E-state index contributed by atoms with van der Waals surface area (Å²) in [5.41, 5.74) is 0.864. The van der Waals surface area contributed by atoms with E-state index >= 15 is 0 Å². The standard InChI is InChI=1S/C24H26N4O3S2/c1-30-18-6-9-20(10-7-18)32-16-3-5-23(29)28(15-14-27-13-4-12-25-27)24-26-21-11-8-19(31-2)17-22(21)33-24/h4,6-13,17H,3,5,14-16H2,1-2H3. The third kappa shape index (κ3) is 6.06. The van der Waals surface area contributed by atoms with Crippen molar-refractivity contribution in [2.24, 2.45) is 0 Å². The lowest BCUT2D eigenvalue weighted by Gasteiger charge is -2.20. The molecule has 0 unspecified atom stereocenters. The fraction of sp³-hybridized carbons (Fsp3) is 0.292. The number of amides is 1. The summed E-state index contributed by atoms with van der Waals surface area (Å²) in [6.45, 7) is 1.13. The Kier molecular flexibility index (Phi) is 7.85. The van der Waals surface area contributed by atoms with Crippen LogP contribution >= 0.6 is 23.1 Å². The van der Waals surface area contributed by atoms with E-state index in [9.17, 15) is 4.79 Å². The second-order valence-corrected chi connectivity index (χ2v) is 9.45. The van der Waals surface area contributed by atoms with Crippen LogP contribution in [-0.4, -0.2) is 47.2 Å². The summed E-state index contributed by atoms with van der Waals surface area (Å²) in [5, 5.41) is 4.97. The first-order valence-electron chi connectivity index (χ1n) is 10.7. The zero-order valence-corrected chi connectivity index (χ0v) is 20.3. The molecular formula is C24H26N4O3S2. The van der Waals surface area contributed by atoms with Crippen molar-refractivity contribution in [3.05, 3.63) is 60.9 Å². The van der Waals surface area contributed by atoms with Gasteiger partial charge in [0.05, 0.1) is 31.0 Å². The Morgan fingerprint density at radius 1 is 1.12 bits per heavy atom. The minimum atomic E-state index is 0.0727. The molecule has 33 heavy (non-hydrogen) atoms. The summed E-state index contributed by atoms with van der Waals surface area (Å²) in [6, 6.07) is 15.6. The second-order valence-electron chi connectivity index (χ2n) is 7.27. The lowest BCUT2D eigenvalue weighted by atomic mass is 10.3. The molecule has 0 atom stereocenters. The number of benzene rings is 2. The number of rotatable bonds is 11. The van der Waals surface area contributed by atoms with Crippen molar-refractivity contribution in [2.45, 2.75) is 24.3 Å². The number of aromatic nitrogens is 3. The van der Waals surface area contributed by atoms with Crippen molar-refractivity contribution in [1.82, 2.24) is 14.8 Å². The molecule has 7 nitrogen and oxygen atoms in total. The Morgan fingerprint density at radius 2 is 1.91 bits per heavy atom. The third-order valence-corrected chi connectivity index (χ3v) is 7.23. The van der Waals surface area contributed by atoms with Gasteiger partial charge in [-0.25, -0.2) is 4.98 Å². The zero-order chi connectivity index (χ0) is 23.0. The Labute approximate surface area is 201 Å². The summed E-state index contributed by atoms with van der Waals surface area (Å²) >= 11 is 3.25. The zero-order valence-electron chi connectivity index (χ0n) is 18.6. The van der Waals surface area contributed by atoms with Crippen molar-refractivity contribution in [1.29, 1.82) is 0 Å². The highest BCUT2D eigenvalue weighted by Crippen LogP contribution is 2.32. The number of anilines is 1. The van der Waals surface area contributed by atoms with Gasteiger partial charge in [-0.1, -0.05) is 11.3 Å². The predicted molar refractivity (Wildman–Crippen MR) is 134 cm³/mol. The average molecular weight is 483 g/mol. The van der Waals surface area contributed by atoms with Crippen LogP contribution in [0.1, 0.15) is 12.8 Å². The SMILES string of the molecule is COc1ccc(SCCCC(=O)N(CCn2cccn2)c2nc3ccc(OC)cc3s2)cc1. The monoisotopic (exact) mass is 482 g/mol. The number of fused-ring (bicyclic) bond motifs is 1. The fourth-order valence-electron chi connectivity index (χ4n) is 3.32. The minimum absolute atomic E-state index is 0.0727. The van der Waals surface area contributed by atoms with Crippen LogP contribution in [-0.2, 0) is 11.3 Å². The van der Waals surface area contributed by atoms with Gasteiger partial charge in [0.15, 0.2) is 5.13 Å². The molecule has 2 aromatic carbocycles. The first-order valence-corrected chi connectivity index (χ1v) is 12.5. The molecule has 0 spiro atoms. The van der Waals surface area contributed by atoms with E-state index in [4.69, 9.17) is 14.5 Å². The van der Waals surface area contributed by atoms with E-state index in [1.807, 2.05) is 59.4 Å². The number of carbonyl (C=O) groups is 1. The number of methoxy groups -OCH3 is 2. The molecule has 0 N–H and O–H groups in total. The number of thioether (sulfide) groups is 1. The van der Waals surface area contributed by atoms with Crippen LogP contribution in [0.5, 0.6) is 11.5 Å². The van der Waals surface area contributed by atoms with Gasteiger partial charge >= 0.3 is 0 Å². The molecule has 1 amide bonds. The van der Waals surface area contributed by atoms with E-state index in [2.05, 4.69) is 5.10 Å². The van der Waals surface area contributed by atoms with E-state index in [0.29, 0.717) is 24.6 Å². The number of hydrogen-bond acceptors (Lipinski definition) is 7. The summed E-state index contributed by atoms with van der Waals surface area (Å²) in [5.74, 6) is 2.56. The molecule has 0 saturated heterocycles. The molecule has 2 aromatic heterocycles. The number of thiazole rings is 1. The van der Waals surface area contributed by atoms with Crippen molar-refractivity contribution in [3.8, 4) is 11.5 Å². The molecule has 0 aliphatic heterocycles. The molecule has 9 heteroatoms. The molecule has 172 valence electrons. The van der Waals surface area contributed by atoms with Crippen LogP contribution in [0.25, 0.3) is 10.2 Å². The Morgan fingerprint density at radius 3 is 2.64 bits per heavy atom. The van der Waals surface area contributed by atoms with E-state index in [-0.39, 0.29) is 5.91 Å². The number of nitrogens with zero attached hydrogens (tertiary/aromatic N) is 4. The highest BCUT2D eigenvalue weighted by atomic mass is 32.2. The molecular weight excluding hydrogens is 456 g/mol. The summed E-state index contributed by atoms with van der Waals surface area (Å²) in [6.07, 6.45) is 4.89. The number of ether oxygens (including phenoxy) is 2. The number of carbonyl (C=O) groups excluding carboxylic acids is 1. The molecule has 0 fully saturated rings. The van der Waals surface area contributed by atoms with Gasteiger partial charge in [0.2, 0.25) is 5.91 Å². The van der Waals surface area contributed by atoms with Gasteiger partial charge in [0.1, 0.15) is 11.5 Å². The fourth-order valence-corrected chi connectivity index (χ4v) is 5.21. The van der Waals surface area contributed by atoms with E-state index < -0.39 is 0 Å². The normalized spacial score (nSPS) is 11.0. The van der Waals surface area contributed by atoms with E-state index in [1.165, 1.54) is 16.2 Å². The molecule has 4 aromatic rings. The molecule has 2 heterocycles. The maximum atomic E-state index is 13.2. The van der Waals surface area contributed by atoms with Gasteiger partial charge in [-0.05, 0) is 60.7 Å². The molecule has 0 aliphatic rings. The average Bonchev–Trinajstić information content (AvgIpc) is 3.51. The maximum Gasteiger partial charge on any atom is 0.228 e. The lowest BCUT2D eigenvalue weighted by Crippen LogP contribution is -2.34. The molecule has 0 bridgehead atoms. The number of hydrogen-bond donors (Lipinski definition) is 0. The highest BCUT2D eigenvalue weighted by molar-refractivity contribution is 7.99. The molecule has 4 rings (SSSR count). The van der Waals surface area contributed by atoms with Crippen LogP contribution in [0.3, 0.4) is 0 Å². The van der Waals surface area contributed by atoms with Crippen molar-refractivity contribution in [3.63, 3.8) is 0 Å². The van der Waals surface area contributed by atoms with Gasteiger partial charge in [-0.3, -0.25) is 14.4 Å². The van der Waals surface area contributed by atoms with Crippen LogP contribution in [0.2, 0.25) is 0 Å². The molecule has 0 radical (unpaired) electrons. The topological polar surface area (TPSA) is 69.5 Å². The Bertz CT molecular complexity index is 1180. The predicted octanol–water partition coefficient (Wildman–Crippen LogP) is 5.12. The van der Waals surface area contributed by atoms with E-state index in [1.54, 1.807) is 37.1 Å². The van der Waals surface area contributed by atoms with Gasteiger partial charge in [-0.15, -0.1) is 11.8 Å². The van der Waals surface area contributed by atoms with Crippen LogP contribution in [0, 0.1) is 0 Å². The summed E-state index contributed by atoms with van der Waals surface area (Å²) in [7, 11) is 3.31. The first kappa shape index (κ1) is 23.1. The van der Waals surface area contributed by atoms with Crippen LogP contribution < -0.4 is 14.4 Å². The van der Waals surface area contributed by atoms with Gasteiger partial charge in [0, 0.05) is 30.3 Å². The summed E-state index contributed by atoms with van der Waals surface area (Å²) < 4.78 is 13.4. The van der Waals surface area contributed by atoms with Crippen molar-refractivity contribution in [2.75, 3.05) is 31.4 Å². The first-order chi connectivity index (χ1) is 16.2. The smallest absolute Gasteiger partial charge is 0.228 e. The molecule has 0 saturated carbocycles. The quantitative estimate of drug-likeness (QED) is 0.218. The van der Waals surface area contributed by atoms with Crippen molar-refractivity contribution >= 4 is 44.4 Å². The Balaban J connectivity index is 1.41. The summed E-state index contributed by atoms with van der Waals surface area (Å²) in [4.78, 5) is 20.9. The van der Waals surface area contributed by atoms with Crippen LogP contribution in [0.15, 0.2) is 65.8 Å². The Hall–Kier alpha value is -3.04. The minimum Gasteiger partial charge on any atom is -0.497 e.